The summed E-state index contributed by atoms with van der Waals surface area (Å²) in [5, 5.41) is 8.67. The van der Waals surface area contributed by atoms with Gasteiger partial charge in [-0.05, 0) is 19.1 Å². The molecule has 0 aliphatic heterocycles. The second-order valence-corrected chi connectivity index (χ2v) is 3.73. The molecule has 0 N–H and O–H groups in total. The molecule has 3 nitrogen and oxygen atoms in total. The lowest BCUT2D eigenvalue weighted by Gasteiger charge is -2.14. The lowest BCUT2D eigenvalue weighted by Crippen LogP contribution is -2.16. The minimum absolute atomic E-state index is 0.0607. The normalized spacial score (nSPS) is 10.9. The minimum atomic E-state index is -4.74. The van der Waals surface area contributed by atoms with Gasteiger partial charge in [-0.15, -0.1) is 12.6 Å². The maximum Gasteiger partial charge on any atom is 0.418 e. The summed E-state index contributed by atoms with van der Waals surface area (Å²) < 4.78 is 43.0. The van der Waals surface area contributed by atoms with Crippen molar-refractivity contribution < 1.29 is 22.7 Å². The van der Waals surface area contributed by atoms with Gasteiger partial charge in [0.2, 0.25) is 0 Å². The largest absolute Gasteiger partial charge is 0.462 e. The molecule has 0 radical (unpaired) electrons. The molecular weight excluding hydrogens is 267 g/mol. The number of hydrogen-bond donors (Lipinski definition) is 1. The van der Waals surface area contributed by atoms with E-state index >= 15 is 0 Å². The Bertz CT molecular complexity index is 520. The predicted octanol–water partition coefficient (Wildman–Crippen LogP) is 3.04. The van der Waals surface area contributed by atoms with Gasteiger partial charge in [0.1, 0.15) is 0 Å². The monoisotopic (exact) mass is 275 g/mol. The highest BCUT2D eigenvalue weighted by Crippen LogP contribution is 2.37. The van der Waals surface area contributed by atoms with Gasteiger partial charge in [-0.25, -0.2) is 4.79 Å². The first kappa shape index (κ1) is 14.4. The van der Waals surface area contributed by atoms with Crippen LogP contribution in [0.3, 0.4) is 0 Å². The summed E-state index contributed by atoms with van der Waals surface area (Å²) in [6, 6.07) is 3.46. The van der Waals surface area contributed by atoms with Crippen LogP contribution < -0.4 is 0 Å². The highest BCUT2D eigenvalue weighted by atomic mass is 32.1. The van der Waals surface area contributed by atoms with Gasteiger partial charge in [0.05, 0.1) is 29.4 Å². The molecular formula is C11H8F3NO2S. The standard InChI is InChI=1S/C11H8F3NO2S/c1-2-17-10(16)7-3-6(5-15)4-8(18)9(7)11(12,13)14/h3-4,18H,2H2,1H3. The van der Waals surface area contributed by atoms with Gasteiger partial charge in [-0.3, -0.25) is 0 Å². The van der Waals surface area contributed by atoms with E-state index < -0.39 is 28.2 Å². The van der Waals surface area contributed by atoms with Crippen molar-refractivity contribution in [3.63, 3.8) is 0 Å². The van der Waals surface area contributed by atoms with Gasteiger partial charge in [-0.1, -0.05) is 0 Å². The number of carbonyl (C=O) groups excluding carboxylic acids is 1. The van der Waals surface area contributed by atoms with Crippen molar-refractivity contribution in [3.05, 3.63) is 28.8 Å². The van der Waals surface area contributed by atoms with Gasteiger partial charge in [0.15, 0.2) is 0 Å². The molecule has 96 valence electrons. The zero-order chi connectivity index (χ0) is 13.9. The van der Waals surface area contributed by atoms with E-state index in [9.17, 15) is 18.0 Å². The van der Waals surface area contributed by atoms with E-state index in [1.807, 2.05) is 0 Å². The molecule has 0 bridgehead atoms. The average molecular weight is 275 g/mol. The summed E-state index contributed by atoms with van der Waals surface area (Å²) in [4.78, 5) is 11.0. The predicted molar refractivity (Wildman–Crippen MR) is 59.4 cm³/mol. The van der Waals surface area contributed by atoms with Gasteiger partial charge in [0.25, 0.3) is 0 Å². The highest BCUT2D eigenvalue weighted by Gasteiger charge is 2.38. The molecule has 1 aromatic carbocycles. The van der Waals surface area contributed by atoms with E-state index in [1.54, 1.807) is 6.07 Å². The number of rotatable bonds is 2. The van der Waals surface area contributed by atoms with Crippen LogP contribution in [0.4, 0.5) is 13.2 Å². The van der Waals surface area contributed by atoms with Gasteiger partial charge in [0, 0.05) is 4.90 Å². The summed E-state index contributed by atoms with van der Waals surface area (Å²) in [7, 11) is 0. The van der Waals surface area contributed by atoms with Gasteiger partial charge in [-0.2, -0.15) is 18.4 Å². The summed E-state index contributed by atoms with van der Waals surface area (Å²) in [5.74, 6) is -1.13. The molecule has 0 saturated heterocycles. The summed E-state index contributed by atoms with van der Waals surface area (Å²) in [5.41, 5.74) is -1.98. The molecule has 0 aliphatic carbocycles. The fourth-order valence-electron chi connectivity index (χ4n) is 1.36. The van der Waals surface area contributed by atoms with E-state index in [1.165, 1.54) is 6.92 Å². The number of ether oxygens (including phenoxy) is 1. The second-order valence-electron chi connectivity index (χ2n) is 3.25. The highest BCUT2D eigenvalue weighted by molar-refractivity contribution is 7.80. The Morgan fingerprint density at radius 3 is 2.56 bits per heavy atom. The molecule has 0 atom stereocenters. The Labute approximate surface area is 107 Å². The van der Waals surface area contributed by atoms with Crippen molar-refractivity contribution in [2.45, 2.75) is 18.0 Å². The Morgan fingerprint density at radius 2 is 2.11 bits per heavy atom. The van der Waals surface area contributed by atoms with Crippen molar-refractivity contribution in [3.8, 4) is 6.07 Å². The maximum atomic E-state index is 12.8. The first-order valence-corrected chi connectivity index (χ1v) is 5.27. The Morgan fingerprint density at radius 1 is 1.50 bits per heavy atom. The Balaban J connectivity index is 3.50. The fourth-order valence-corrected chi connectivity index (χ4v) is 1.75. The number of alkyl halides is 3. The average Bonchev–Trinajstić information content (AvgIpc) is 2.26. The number of esters is 1. The molecule has 0 amide bonds. The molecule has 0 unspecified atom stereocenters. The molecule has 7 heteroatoms. The molecule has 0 aliphatic rings. The SMILES string of the molecule is CCOC(=O)c1cc(C#N)cc(S)c1C(F)(F)F. The third kappa shape index (κ3) is 2.96. The van der Waals surface area contributed by atoms with Crippen LogP contribution >= 0.6 is 12.6 Å². The lowest BCUT2D eigenvalue weighted by molar-refractivity contribution is -0.140. The second kappa shape index (κ2) is 5.31. The number of hydrogen-bond acceptors (Lipinski definition) is 4. The molecule has 0 heterocycles. The third-order valence-electron chi connectivity index (χ3n) is 2.03. The summed E-state index contributed by atoms with van der Waals surface area (Å²) >= 11 is 3.67. The van der Waals surface area contributed by atoms with Crippen LogP contribution in [0.1, 0.15) is 28.4 Å². The number of benzene rings is 1. The van der Waals surface area contributed by atoms with E-state index in [2.05, 4.69) is 17.4 Å². The van der Waals surface area contributed by atoms with Crippen LogP contribution in [0.2, 0.25) is 0 Å². The van der Waals surface area contributed by atoms with Crippen LogP contribution in [0, 0.1) is 11.3 Å². The molecule has 0 saturated carbocycles. The molecule has 1 rings (SSSR count). The van der Waals surface area contributed by atoms with Crippen molar-refractivity contribution in [1.82, 2.24) is 0 Å². The van der Waals surface area contributed by atoms with Crippen LogP contribution in [0.5, 0.6) is 0 Å². The van der Waals surface area contributed by atoms with Crippen LogP contribution in [-0.2, 0) is 10.9 Å². The molecule has 0 spiro atoms. The van der Waals surface area contributed by atoms with E-state index in [-0.39, 0.29) is 12.2 Å². The third-order valence-corrected chi connectivity index (χ3v) is 2.38. The molecule has 18 heavy (non-hydrogen) atoms. The molecule has 0 aromatic heterocycles. The van der Waals surface area contributed by atoms with Crippen molar-refractivity contribution in [2.75, 3.05) is 6.61 Å². The summed E-state index contributed by atoms with van der Waals surface area (Å²) in [6.07, 6.45) is -4.74. The lowest BCUT2D eigenvalue weighted by atomic mass is 10.0. The minimum Gasteiger partial charge on any atom is -0.462 e. The zero-order valence-electron chi connectivity index (χ0n) is 9.21. The fraction of sp³-hybridized carbons (Fsp3) is 0.273. The van der Waals surface area contributed by atoms with Crippen molar-refractivity contribution >= 4 is 18.6 Å². The number of nitriles is 1. The van der Waals surface area contributed by atoms with Crippen LogP contribution in [0.15, 0.2) is 17.0 Å². The van der Waals surface area contributed by atoms with E-state index in [0.29, 0.717) is 0 Å². The first-order valence-electron chi connectivity index (χ1n) is 4.82. The van der Waals surface area contributed by atoms with Crippen molar-refractivity contribution in [2.24, 2.45) is 0 Å². The Hall–Kier alpha value is -1.68. The van der Waals surface area contributed by atoms with E-state index in [0.717, 1.165) is 12.1 Å². The van der Waals surface area contributed by atoms with Gasteiger partial charge < -0.3 is 4.74 Å². The smallest absolute Gasteiger partial charge is 0.418 e. The maximum absolute atomic E-state index is 12.8. The molecule has 1 aromatic rings. The summed E-state index contributed by atoms with van der Waals surface area (Å²) in [6.45, 7) is 1.41. The van der Waals surface area contributed by atoms with Crippen molar-refractivity contribution in [1.29, 1.82) is 5.26 Å². The van der Waals surface area contributed by atoms with Crippen LogP contribution in [-0.4, -0.2) is 12.6 Å². The van der Waals surface area contributed by atoms with E-state index in [4.69, 9.17) is 5.26 Å². The van der Waals surface area contributed by atoms with Gasteiger partial charge >= 0.3 is 12.1 Å². The first-order chi connectivity index (χ1) is 8.31. The number of carbonyl (C=O) groups is 1. The quantitative estimate of drug-likeness (QED) is 0.666. The number of halogens is 3. The molecule has 0 fully saturated rings. The topological polar surface area (TPSA) is 50.1 Å². The number of thiol groups is 1. The zero-order valence-corrected chi connectivity index (χ0v) is 10.1. The Kier molecular flexibility index (Phi) is 4.24. The van der Waals surface area contributed by atoms with Crippen LogP contribution in [0.25, 0.3) is 0 Å². The number of nitrogens with zero attached hydrogens (tertiary/aromatic N) is 1.